The number of amides is 1. The number of pyridine rings is 1. The van der Waals surface area contributed by atoms with Gasteiger partial charge in [0, 0.05) is 96.1 Å². The molecule has 0 radical (unpaired) electrons. The third-order valence-corrected chi connectivity index (χ3v) is 10.8. The van der Waals surface area contributed by atoms with Crippen LogP contribution in [-0.4, -0.2) is 110 Å². The summed E-state index contributed by atoms with van der Waals surface area (Å²) >= 11 is 0. The monoisotopic (exact) mass is 657 g/mol. The van der Waals surface area contributed by atoms with Gasteiger partial charge in [-0.1, -0.05) is 12.2 Å². The smallest absolute Gasteiger partial charge is 0.246 e. The molecule has 3 fully saturated rings. The number of ether oxygens (including phenoxy) is 1. The fourth-order valence-corrected chi connectivity index (χ4v) is 8.05. The summed E-state index contributed by atoms with van der Waals surface area (Å²) in [6, 6.07) is 7.28. The molecule has 5 aliphatic rings. The molecule has 2 atom stereocenters. The van der Waals surface area contributed by atoms with Crippen molar-refractivity contribution < 1.29 is 14.4 Å². The van der Waals surface area contributed by atoms with Crippen LogP contribution in [0.4, 0.5) is 11.5 Å². The van der Waals surface area contributed by atoms with E-state index in [1.807, 2.05) is 11.9 Å². The minimum Gasteiger partial charge on any atom is -0.401 e. The number of anilines is 2. The second kappa shape index (κ2) is 14.3. The standard InChI is InChI=1S/C36H51N9O3/c1-6-32(46)45-18-14-43(15-19-45)28-22-30(39-31(23-28)44-16-12-42(13-17-44)27-9-20-47-21-10-27)34-40-35(48-41(34)5)36(4)11-7-8-25(2)33(36)29(24-37)26(3)38/h6,22-23,27,34H,1,7-21,38H2,2-5H3/b29-26+. The highest BCUT2D eigenvalue weighted by Gasteiger charge is 2.46. The van der Waals surface area contributed by atoms with E-state index in [0.29, 0.717) is 36.3 Å². The molecule has 12 heteroatoms. The quantitative estimate of drug-likeness (QED) is 0.342. The van der Waals surface area contributed by atoms with Gasteiger partial charge in [-0.25, -0.2) is 9.98 Å². The van der Waals surface area contributed by atoms with Gasteiger partial charge in [0.2, 0.25) is 11.8 Å². The molecule has 1 aromatic rings. The summed E-state index contributed by atoms with van der Waals surface area (Å²) in [5.74, 6) is 1.50. The lowest BCUT2D eigenvalue weighted by molar-refractivity contribution is -0.126. The van der Waals surface area contributed by atoms with Gasteiger partial charge >= 0.3 is 0 Å². The summed E-state index contributed by atoms with van der Waals surface area (Å²) in [5, 5.41) is 11.9. The number of hydrogen-bond acceptors (Lipinski definition) is 11. The number of hydrogen-bond donors (Lipinski definition) is 1. The van der Waals surface area contributed by atoms with Gasteiger partial charge in [0.15, 0.2) is 6.17 Å². The third kappa shape index (κ3) is 6.68. The van der Waals surface area contributed by atoms with Gasteiger partial charge in [0.25, 0.3) is 0 Å². The fourth-order valence-electron chi connectivity index (χ4n) is 8.05. The molecular weight excluding hydrogens is 606 g/mol. The molecule has 48 heavy (non-hydrogen) atoms. The Hall–Kier alpha value is -3.92. The van der Waals surface area contributed by atoms with Crippen LogP contribution in [-0.2, 0) is 14.4 Å². The van der Waals surface area contributed by atoms with Gasteiger partial charge in [0.1, 0.15) is 11.9 Å². The molecule has 6 rings (SSSR count). The molecule has 0 aromatic carbocycles. The van der Waals surface area contributed by atoms with E-state index in [0.717, 1.165) is 113 Å². The van der Waals surface area contributed by atoms with Crippen LogP contribution in [0.25, 0.3) is 0 Å². The van der Waals surface area contributed by atoms with Crippen LogP contribution in [0.15, 0.2) is 52.2 Å². The first kappa shape index (κ1) is 34.0. The minimum absolute atomic E-state index is 0.0288. The van der Waals surface area contributed by atoms with Crippen molar-refractivity contribution in [1.29, 1.82) is 5.26 Å². The van der Waals surface area contributed by atoms with Crippen LogP contribution in [0, 0.1) is 16.7 Å². The maximum atomic E-state index is 12.3. The number of nitrogens with two attached hydrogens (primary N) is 1. The van der Waals surface area contributed by atoms with E-state index in [2.05, 4.69) is 53.3 Å². The Morgan fingerprint density at radius 2 is 1.79 bits per heavy atom. The number of hydroxylamine groups is 2. The summed E-state index contributed by atoms with van der Waals surface area (Å²) in [5.41, 5.74) is 10.6. The van der Waals surface area contributed by atoms with E-state index >= 15 is 0 Å². The third-order valence-electron chi connectivity index (χ3n) is 10.8. The highest BCUT2D eigenvalue weighted by molar-refractivity contribution is 5.89. The summed E-state index contributed by atoms with van der Waals surface area (Å²) in [6.07, 6.45) is 5.82. The zero-order valence-electron chi connectivity index (χ0n) is 29.1. The molecule has 1 aliphatic carbocycles. The number of aliphatic imine (C=N–C) groups is 1. The summed E-state index contributed by atoms with van der Waals surface area (Å²) in [6.45, 7) is 17.8. The van der Waals surface area contributed by atoms with Gasteiger partial charge < -0.3 is 30.0 Å². The Morgan fingerprint density at radius 3 is 2.44 bits per heavy atom. The second-order valence-electron chi connectivity index (χ2n) is 13.9. The first-order chi connectivity index (χ1) is 23.1. The Labute approximate surface area is 285 Å². The van der Waals surface area contributed by atoms with Gasteiger partial charge in [-0.15, -0.1) is 5.06 Å². The van der Waals surface area contributed by atoms with Crippen molar-refractivity contribution in [3.8, 4) is 6.07 Å². The van der Waals surface area contributed by atoms with Gasteiger partial charge in [-0.2, -0.15) is 5.26 Å². The molecule has 2 N–H and O–H groups in total. The zero-order chi connectivity index (χ0) is 34.0. The second-order valence-corrected chi connectivity index (χ2v) is 13.9. The zero-order valence-corrected chi connectivity index (χ0v) is 29.1. The van der Waals surface area contributed by atoms with Crippen molar-refractivity contribution in [3.05, 3.63) is 52.9 Å². The molecule has 0 saturated carbocycles. The average molecular weight is 658 g/mol. The van der Waals surface area contributed by atoms with Crippen LogP contribution in [0.1, 0.15) is 64.7 Å². The summed E-state index contributed by atoms with van der Waals surface area (Å²) < 4.78 is 5.61. The van der Waals surface area contributed by atoms with Crippen LogP contribution < -0.4 is 15.5 Å². The van der Waals surface area contributed by atoms with E-state index < -0.39 is 11.6 Å². The molecule has 0 bridgehead atoms. The number of rotatable bonds is 7. The lowest BCUT2D eigenvalue weighted by atomic mass is 9.68. The molecule has 4 aliphatic heterocycles. The number of piperazine rings is 2. The van der Waals surface area contributed by atoms with Crippen molar-refractivity contribution in [2.75, 3.05) is 82.4 Å². The molecule has 1 amide bonds. The van der Waals surface area contributed by atoms with Gasteiger partial charge in [0.05, 0.1) is 16.7 Å². The molecule has 258 valence electrons. The van der Waals surface area contributed by atoms with E-state index in [9.17, 15) is 10.1 Å². The Balaban J connectivity index is 1.32. The average Bonchev–Trinajstić information content (AvgIpc) is 3.52. The van der Waals surface area contributed by atoms with E-state index in [4.69, 9.17) is 25.3 Å². The topological polar surface area (TPSA) is 127 Å². The number of aromatic nitrogens is 1. The van der Waals surface area contributed by atoms with Crippen molar-refractivity contribution in [2.24, 2.45) is 16.1 Å². The SMILES string of the molecule is C=CC(=O)N1CCN(c2cc(C3N=C(C4(C)CCCC(C)=C4/C(C#N)=C(\C)N)ON3C)nc(N3CCN(C4CCOCC4)CC3)c2)CC1. The largest absolute Gasteiger partial charge is 0.401 e. The Kier molecular flexibility index (Phi) is 10.1. The Morgan fingerprint density at radius 1 is 1.10 bits per heavy atom. The van der Waals surface area contributed by atoms with Crippen molar-refractivity contribution in [1.82, 2.24) is 19.8 Å². The molecule has 0 spiro atoms. The summed E-state index contributed by atoms with van der Waals surface area (Å²) in [7, 11) is 1.90. The van der Waals surface area contributed by atoms with Crippen LogP contribution in [0.5, 0.6) is 0 Å². The molecule has 2 unspecified atom stereocenters. The van der Waals surface area contributed by atoms with Gasteiger partial charge in [-0.05, 0) is 70.6 Å². The predicted molar refractivity (Wildman–Crippen MR) is 187 cm³/mol. The maximum absolute atomic E-state index is 12.3. The maximum Gasteiger partial charge on any atom is 0.246 e. The highest BCUT2D eigenvalue weighted by Crippen LogP contribution is 2.48. The lowest BCUT2D eigenvalue weighted by Gasteiger charge is -2.41. The van der Waals surface area contributed by atoms with Crippen molar-refractivity contribution in [3.63, 3.8) is 0 Å². The molecule has 5 heterocycles. The van der Waals surface area contributed by atoms with Gasteiger partial charge in [-0.3, -0.25) is 9.69 Å². The van der Waals surface area contributed by atoms with E-state index in [1.165, 1.54) is 6.08 Å². The van der Waals surface area contributed by atoms with Crippen LogP contribution >= 0.6 is 0 Å². The number of carbonyl (C=O) groups is 1. The molecule has 3 saturated heterocycles. The lowest BCUT2D eigenvalue weighted by Crippen LogP contribution is -2.52. The first-order valence-electron chi connectivity index (χ1n) is 17.4. The van der Waals surface area contributed by atoms with Crippen molar-refractivity contribution in [2.45, 2.75) is 65.1 Å². The normalized spacial score (nSPS) is 26.9. The summed E-state index contributed by atoms with van der Waals surface area (Å²) in [4.78, 5) is 38.4. The number of allylic oxidation sites excluding steroid dienone is 3. The number of carbonyl (C=O) groups excluding carboxylic acids is 1. The predicted octanol–water partition coefficient (Wildman–Crippen LogP) is 3.75. The number of nitrogens with zero attached hydrogens (tertiary/aromatic N) is 8. The van der Waals surface area contributed by atoms with Crippen molar-refractivity contribution >= 4 is 23.3 Å². The first-order valence-corrected chi connectivity index (χ1v) is 17.4. The van der Waals surface area contributed by atoms with Crippen LogP contribution in [0.3, 0.4) is 0 Å². The Bertz CT molecular complexity index is 1520. The van der Waals surface area contributed by atoms with E-state index in [1.54, 1.807) is 12.0 Å². The minimum atomic E-state index is -0.591. The molecule has 12 nitrogen and oxygen atoms in total. The number of nitriles is 1. The highest BCUT2D eigenvalue weighted by atomic mass is 16.7. The fraction of sp³-hybridized carbons (Fsp3) is 0.611. The van der Waals surface area contributed by atoms with E-state index in [-0.39, 0.29) is 5.91 Å². The van der Waals surface area contributed by atoms with Crippen LogP contribution in [0.2, 0.25) is 0 Å². The molecule has 1 aromatic heterocycles. The molecular formula is C36H51N9O3.